The summed E-state index contributed by atoms with van der Waals surface area (Å²) in [4.78, 5) is 46.9. The number of fused-ring (bicyclic) bond motifs is 2. The van der Waals surface area contributed by atoms with Gasteiger partial charge in [-0.25, -0.2) is 9.97 Å². The van der Waals surface area contributed by atoms with Gasteiger partial charge in [0.15, 0.2) is 12.2 Å². The molecule has 2 fully saturated rings. The van der Waals surface area contributed by atoms with Gasteiger partial charge < -0.3 is 30.0 Å². The van der Waals surface area contributed by atoms with Gasteiger partial charge in [-0.1, -0.05) is 97.1 Å². The molecule has 4 heterocycles. The molecule has 4 N–H and O–H groups in total. The SMILES string of the molecule is O=C([C@@H](O)c1ccccc1)N1CCC[C@H]1c1nc2ccc(-c3ccc(-c4ccc5nc([C@@H]6CCCN6C(=O)[C@@H](O)c6ccccc6)[nH]c5c4)cc3)cc2[nH]1. The van der Waals surface area contributed by atoms with Crippen molar-refractivity contribution in [1.82, 2.24) is 29.7 Å². The zero-order chi connectivity index (χ0) is 36.8. The third-order valence-corrected chi connectivity index (χ3v) is 11.0. The Kier molecular flexibility index (Phi) is 8.76. The average molecular weight is 717 g/mol. The smallest absolute Gasteiger partial charge is 0.256 e. The van der Waals surface area contributed by atoms with E-state index in [1.165, 1.54) is 0 Å². The highest BCUT2D eigenvalue weighted by Crippen LogP contribution is 2.37. The van der Waals surface area contributed by atoms with Gasteiger partial charge in [-0.05, 0) is 83.3 Å². The number of aliphatic hydroxyl groups is 2. The molecule has 10 nitrogen and oxygen atoms in total. The van der Waals surface area contributed by atoms with Gasteiger partial charge in [-0.15, -0.1) is 0 Å². The van der Waals surface area contributed by atoms with Crippen molar-refractivity contribution >= 4 is 33.9 Å². The van der Waals surface area contributed by atoms with Crippen LogP contribution in [0.5, 0.6) is 0 Å². The van der Waals surface area contributed by atoms with E-state index in [9.17, 15) is 19.8 Å². The second kappa shape index (κ2) is 14.0. The van der Waals surface area contributed by atoms with Crippen molar-refractivity contribution < 1.29 is 19.8 Å². The first-order chi connectivity index (χ1) is 26.4. The molecule has 54 heavy (non-hydrogen) atoms. The maximum Gasteiger partial charge on any atom is 0.256 e. The summed E-state index contributed by atoms with van der Waals surface area (Å²) in [5.74, 6) is 0.865. The lowest BCUT2D eigenvalue weighted by Gasteiger charge is -2.25. The van der Waals surface area contributed by atoms with Crippen LogP contribution in [0.25, 0.3) is 44.3 Å². The molecule has 7 aromatic rings. The molecule has 2 aliphatic rings. The van der Waals surface area contributed by atoms with Crippen molar-refractivity contribution in [2.24, 2.45) is 0 Å². The second-order valence-electron chi connectivity index (χ2n) is 14.3. The standard InChI is InChI=1S/C44H40N6O4/c51-39(29-9-3-1-4-10-29)43(53)49-23-7-13-37(49)41-45-33-21-19-31(25-35(33)47-41)27-15-17-28(18-16-27)32-20-22-34-36(26-32)48-42(46-34)38-14-8-24-50(38)44(54)40(52)30-11-5-2-6-12-30/h1-6,9-12,15-22,25-26,37-40,51-52H,7-8,13-14,23-24H2,(H,45,47)(H,46,48)/t37-,38-,39-,40-/m0/s1. The minimum absolute atomic E-state index is 0.221. The normalized spacial score (nSPS) is 18.4. The fraction of sp³-hybridized carbons (Fsp3) is 0.227. The van der Waals surface area contributed by atoms with Crippen LogP contribution in [0.3, 0.4) is 0 Å². The molecule has 2 amide bonds. The molecule has 5 aromatic carbocycles. The van der Waals surface area contributed by atoms with Crippen molar-refractivity contribution in [2.75, 3.05) is 13.1 Å². The lowest BCUT2D eigenvalue weighted by atomic mass is 10.00. The lowest BCUT2D eigenvalue weighted by molar-refractivity contribution is -0.142. The third-order valence-electron chi connectivity index (χ3n) is 11.0. The van der Waals surface area contributed by atoms with Gasteiger partial charge in [-0.2, -0.15) is 0 Å². The third kappa shape index (κ3) is 6.23. The number of H-pyrrole nitrogens is 2. The molecule has 10 heteroatoms. The highest BCUT2D eigenvalue weighted by Gasteiger charge is 2.37. The zero-order valence-corrected chi connectivity index (χ0v) is 29.6. The van der Waals surface area contributed by atoms with E-state index in [1.807, 2.05) is 48.5 Å². The first-order valence-corrected chi connectivity index (χ1v) is 18.6. The number of likely N-dealkylation sites (tertiary alicyclic amines) is 2. The van der Waals surface area contributed by atoms with Gasteiger partial charge in [0, 0.05) is 13.1 Å². The number of benzene rings is 5. The summed E-state index contributed by atoms with van der Waals surface area (Å²) in [5.41, 5.74) is 8.85. The van der Waals surface area contributed by atoms with Crippen LogP contribution in [-0.2, 0) is 9.59 Å². The number of amides is 2. The molecule has 270 valence electrons. The summed E-state index contributed by atoms with van der Waals surface area (Å²) in [6.45, 7) is 1.16. The summed E-state index contributed by atoms with van der Waals surface area (Å²) >= 11 is 0. The maximum absolute atomic E-state index is 13.3. The summed E-state index contributed by atoms with van der Waals surface area (Å²) in [6.07, 6.45) is 0.856. The number of aliphatic hydroxyl groups excluding tert-OH is 2. The van der Waals surface area contributed by atoms with E-state index in [4.69, 9.17) is 9.97 Å². The highest BCUT2D eigenvalue weighted by atomic mass is 16.3. The van der Waals surface area contributed by atoms with Crippen molar-refractivity contribution in [3.8, 4) is 22.3 Å². The molecule has 2 aliphatic heterocycles. The molecular weight excluding hydrogens is 677 g/mol. The molecule has 2 saturated heterocycles. The molecule has 0 radical (unpaired) electrons. The lowest BCUT2D eigenvalue weighted by Crippen LogP contribution is -2.35. The number of aromatic nitrogens is 4. The molecular formula is C44H40N6O4. The van der Waals surface area contributed by atoms with Gasteiger partial charge in [0.1, 0.15) is 11.6 Å². The van der Waals surface area contributed by atoms with Crippen LogP contribution in [0.1, 0.15) is 72.8 Å². The summed E-state index contributed by atoms with van der Waals surface area (Å²) < 4.78 is 0. The predicted octanol–water partition coefficient (Wildman–Crippen LogP) is 7.57. The molecule has 0 aliphatic carbocycles. The van der Waals surface area contributed by atoms with E-state index in [-0.39, 0.29) is 23.9 Å². The fourth-order valence-electron chi connectivity index (χ4n) is 8.09. The Bertz CT molecular complexity index is 2290. The van der Waals surface area contributed by atoms with Crippen molar-refractivity contribution in [2.45, 2.75) is 50.0 Å². The Balaban J connectivity index is 0.909. The first-order valence-electron chi connectivity index (χ1n) is 18.6. The molecule has 0 bridgehead atoms. The van der Waals surface area contributed by atoms with Gasteiger partial charge in [0.25, 0.3) is 11.8 Å². The van der Waals surface area contributed by atoms with Gasteiger partial charge in [0.2, 0.25) is 0 Å². The zero-order valence-electron chi connectivity index (χ0n) is 29.6. The van der Waals surface area contributed by atoms with Crippen molar-refractivity contribution in [3.63, 3.8) is 0 Å². The van der Waals surface area contributed by atoms with Crippen molar-refractivity contribution in [1.29, 1.82) is 0 Å². The summed E-state index contributed by atoms with van der Waals surface area (Å²) in [6, 6.07) is 38.4. The first kappa shape index (κ1) is 33.7. The van der Waals surface area contributed by atoms with Gasteiger partial charge >= 0.3 is 0 Å². The molecule has 4 atom stereocenters. The Labute approximate surface area is 312 Å². The number of hydrogen-bond donors (Lipinski definition) is 4. The number of aromatic amines is 2. The molecule has 2 aromatic heterocycles. The molecule has 0 unspecified atom stereocenters. The minimum Gasteiger partial charge on any atom is -0.378 e. The summed E-state index contributed by atoms with van der Waals surface area (Å²) in [7, 11) is 0. The van der Waals surface area contributed by atoms with Gasteiger partial charge in [-0.3, -0.25) is 9.59 Å². The number of hydrogen-bond acceptors (Lipinski definition) is 6. The van der Waals surface area contributed by atoms with E-state index in [0.29, 0.717) is 24.2 Å². The van der Waals surface area contributed by atoms with E-state index >= 15 is 0 Å². The maximum atomic E-state index is 13.3. The predicted molar refractivity (Wildman–Crippen MR) is 207 cm³/mol. The minimum atomic E-state index is -1.20. The molecule has 0 saturated carbocycles. The quantitative estimate of drug-likeness (QED) is 0.128. The monoisotopic (exact) mass is 716 g/mol. The van der Waals surface area contributed by atoms with E-state index in [2.05, 4.69) is 58.5 Å². The molecule has 0 spiro atoms. The number of rotatable bonds is 8. The number of carbonyl (C=O) groups excluding carboxylic acids is 2. The van der Waals surface area contributed by atoms with Crippen molar-refractivity contribution in [3.05, 3.63) is 144 Å². The summed E-state index contributed by atoms with van der Waals surface area (Å²) in [5, 5.41) is 21.6. The van der Waals surface area contributed by atoms with Crippen LogP contribution in [0, 0.1) is 0 Å². The van der Waals surface area contributed by atoms with Crippen LogP contribution < -0.4 is 0 Å². The van der Waals surface area contributed by atoms with Crippen LogP contribution in [-0.4, -0.2) is 64.9 Å². The van der Waals surface area contributed by atoms with Crippen LogP contribution in [0.2, 0.25) is 0 Å². The number of carbonyl (C=O) groups is 2. The Morgan fingerprint density at radius 2 is 0.944 bits per heavy atom. The fourth-order valence-corrected chi connectivity index (χ4v) is 8.09. The number of imidazole rings is 2. The van der Waals surface area contributed by atoms with Crippen LogP contribution in [0.15, 0.2) is 121 Å². The number of nitrogens with one attached hydrogen (secondary N) is 2. The average Bonchev–Trinajstić information content (AvgIpc) is 4.05. The highest BCUT2D eigenvalue weighted by molar-refractivity contribution is 5.86. The second-order valence-corrected chi connectivity index (χ2v) is 14.3. The molecule has 9 rings (SSSR count). The largest absolute Gasteiger partial charge is 0.378 e. The Hall–Kier alpha value is -6.10. The van der Waals surface area contributed by atoms with Crippen LogP contribution >= 0.6 is 0 Å². The van der Waals surface area contributed by atoms with E-state index in [0.717, 1.165) is 81.7 Å². The van der Waals surface area contributed by atoms with E-state index in [1.54, 1.807) is 34.1 Å². The van der Waals surface area contributed by atoms with Crippen LogP contribution in [0.4, 0.5) is 0 Å². The van der Waals surface area contributed by atoms with E-state index < -0.39 is 12.2 Å². The Morgan fingerprint density at radius 3 is 1.35 bits per heavy atom. The Morgan fingerprint density at radius 1 is 0.556 bits per heavy atom. The number of nitrogens with zero attached hydrogens (tertiary/aromatic N) is 4. The van der Waals surface area contributed by atoms with Gasteiger partial charge in [0.05, 0.1) is 34.2 Å². The topological polar surface area (TPSA) is 138 Å².